The topological polar surface area (TPSA) is 49.3 Å². The molecule has 0 aliphatic rings. The van der Waals surface area contributed by atoms with E-state index in [-0.39, 0.29) is 5.41 Å². The molecule has 1 unspecified atom stereocenters. The first-order chi connectivity index (χ1) is 8.70. The number of anilines is 1. The van der Waals surface area contributed by atoms with Gasteiger partial charge < -0.3 is 10.4 Å². The molecule has 0 fully saturated rings. The van der Waals surface area contributed by atoms with Crippen LogP contribution < -0.4 is 5.32 Å². The molecule has 19 heavy (non-hydrogen) atoms. The summed E-state index contributed by atoms with van der Waals surface area (Å²) in [5.74, 6) is -0.448. The first kappa shape index (κ1) is 15.5. The van der Waals surface area contributed by atoms with E-state index in [2.05, 4.69) is 38.2 Å². The summed E-state index contributed by atoms with van der Waals surface area (Å²) in [6, 6.07) is 7.49. The fourth-order valence-electron chi connectivity index (χ4n) is 1.96. The SMILES string of the molecule is CC(C)CC(Nc1ccc(C(C)(C)C)cc1)C(=O)O. The minimum absolute atomic E-state index is 0.114. The highest BCUT2D eigenvalue weighted by molar-refractivity contribution is 5.77. The molecule has 0 aliphatic carbocycles. The van der Waals surface area contributed by atoms with Gasteiger partial charge in [-0.15, -0.1) is 0 Å². The maximum Gasteiger partial charge on any atom is 0.326 e. The number of carboxylic acid groups (broad SMARTS) is 1. The molecule has 1 atom stereocenters. The molecule has 0 spiro atoms. The maximum absolute atomic E-state index is 11.2. The molecule has 106 valence electrons. The summed E-state index contributed by atoms with van der Waals surface area (Å²) in [5.41, 5.74) is 2.22. The van der Waals surface area contributed by atoms with Crippen molar-refractivity contribution < 1.29 is 9.90 Å². The molecule has 0 radical (unpaired) electrons. The van der Waals surface area contributed by atoms with Crippen LogP contribution in [0, 0.1) is 5.92 Å². The average molecular weight is 263 g/mol. The monoisotopic (exact) mass is 263 g/mol. The molecule has 0 amide bonds. The van der Waals surface area contributed by atoms with Crippen LogP contribution in [0.3, 0.4) is 0 Å². The summed E-state index contributed by atoms with van der Waals surface area (Å²) < 4.78 is 0. The fourth-order valence-corrected chi connectivity index (χ4v) is 1.96. The lowest BCUT2D eigenvalue weighted by Crippen LogP contribution is -2.30. The van der Waals surface area contributed by atoms with Crippen LogP contribution in [0.15, 0.2) is 24.3 Å². The molecular weight excluding hydrogens is 238 g/mol. The van der Waals surface area contributed by atoms with Gasteiger partial charge in [0.25, 0.3) is 0 Å². The van der Waals surface area contributed by atoms with E-state index in [4.69, 9.17) is 0 Å². The predicted octanol–water partition coefficient (Wildman–Crippen LogP) is 3.90. The second-order valence-corrected chi connectivity index (χ2v) is 6.49. The van der Waals surface area contributed by atoms with Crippen molar-refractivity contribution in [2.24, 2.45) is 5.92 Å². The van der Waals surface area contributed by atoms with Crippen molar-refractivity contribution in [2.45, 2.75) is 52.5 Å². The standard InChI is InChI=1S/C16H25NO2/c1-11(2)10-14(15(18)19)17-13-8-6-12(7-9-13)16(3,4)5/h6-9,11,14,17H,10H2,1-5H3,(H,18,19). The van der Waals surface area contributed by atoms with E-state index in [0.717, 1.165) is 5.69 Å². The van der Waals surface area contributed by atoms with E-state index in [9.17, 15) is 9.90 Å². The molecule has 1 aromatic rings. The Bertz CT molecular complexity index is 415. The van der Waals surface area contributed by atoms with Crippen molar-refractivity contribution in [3.63, 3.8) is 0 Å². The van der Waals surface area contributed by atoms with Gasteiger partial charge in [-0.2, -0.15) is 0 Å². The Balaban J connectivity index is 2.78. The van der Waals surface area contributed by atoms with Crippen molar-refractivity contribution in [3.8, 4) is 0 Å². The summed E-state index contributed by atoms with van der Waals surface area (Å²) in [6.07, 6.45) is 0.621. The van der Waals surface area contributed by atoms with Crippen LogP contribution in [0.4, 0.5) is 5.69 Å². The summed E-state index contributed by atoms with van der Waals surface area (Å²) in [5, 5.41) is 12.3. The molecule has 3 nitrogen and oxygen atoms in total. The zero-order chi connectivity index (χ0) is 14.6. The van der Waals surface area contributed by atoms with Gasteiger partial charge in [-0.3, -0.25) is 0 Å². The number of carboxylic acids is 1. The largest absolute Gasteiger partial charge is 0.480 e. The Morgan fingerprint density at radius 3 is 2.11 bits per heavy atom. The van der Waals surface area contributed by atoms with Crippen LogP contribution in [0.1, 0.15) is 46.6 Å². The number of nitrogens with one attached hydrogen (secondary N) is 1. The van der Waals surface area contributed by atoms with Gasteiger partial charge in [0.2, 0.25) is 0 Å². The zero-order valence-corrected chi connectivity index (χ0v) is 12.5. The molecule has 0 heterocycles. The maximum atomic E-state index is 11.2. The highest BCUT2D eigenvalue weighted by Gasteiger charge is 2.19. The van der Waals surface area contributed by atoms with E-state index < -0.39 is 12.0 Å². The molecule has 0 saturated heterocycles. The lowest BCUT2D eigenvalue weighted by Gasteiger charge is -2.21. The third-order valence-corrected chi connectivity index (χ3v) is 3.10. The minimum Gasteiger partial charge on any atom is -0.480 e. The Kier molecular flexibility index (Phi) is 4.98. The van der Waals surface area contributed by atoms with E-state index >= 15 is 0 Å². The second kappa shape index (κ2) is 6.09. The third kappa shape index (κ3) is 4.93. The van der Waals surface area contributed by atoms with Crippen LogP contribution in [0.25, 0.3) is 0 Å². The van der Waals surface area contributed by atoms with Gasteiger partial charge >= 0.3 is 5.97 Å². The second-order valence-electron chi connectivity index (χ2n) is 6.49. The number of benzene rings is 1. The van der Waals surface area contributed by atoms with Crippen LogP contribution in [0.2, 0.25) is 0 Å². The van der Waals surface area contributed by atoms with Gasteiger partial charge in [0, 0.05) is 5.69 Å². The highest BCUT2D eigenvalue weighted by Crippen LogP contribution is 2.24. The van der Waals surface area contributed by atoms with Gasteiger partial charge in [0.1, 0.15) is 6.04 Å². The van der Waals surface area contributed by atoms with Crippen LogP contribution in [-0.4, -0.2) is 17.1 Å². The van der Waals surface area contributed by atoms with E-state index in [1.54, 1.807) is 0 Å². The molecule has 0 saturated carbocycles. The summed E-state index contributed by atoms with van der Waals surface area (Å²) >= 11 is 0. The molecule has 1 rings (SSSR count). The lowest BCUT2D eigenvalue weighted by atomic mass is 9.87. The predicted molar refractivity (Wildman–Crippen MR) is 79.6 cm³/mol. The molecular formula is C16H25NO2. The van der Waals surface area contributed by atoms with Crippen LogP contribution >= 0.6 is 0 Å². The van der Waals surface area contributed by atoms with Crippen molar-refractivity contribution >= 4 is 11.7 Å². The molecule has 3 heteroatoms. The summed E-state index contributed by atoms with van der Waals surface area (Å²) in [4.78, 5) is 11.2. The number of aliphatic carboxylic acids is 1. The fraction of sp³-hybridized carbons (Fsp3) is 0.562. The van der Waals surface area contributed by atoms with Crippen molar-refractivity contribution in [3.05, 3.63) is 29.8 Å². The van der Waals surface area contributed by atoms with Gasteiger partial charge in [-0.05, 0) is 35.4 Å². The lowest BCUT2D eigenvalue weighted by molar-refractivity contribution is -0.138. The Morgan fingerprint density at radius 2 is 1.74 bits per heavy atom. The Labute approximate surface area is 116 Å². The van der Waals surface area contributed by atoms with E-state index in [1.807, 2.05) is 26.0 Å². The van der Waals surface area contributed by atoms with Crippen LogP contribution in [0.5, 0.6) is 0 Å². The molecule has 2 N–H and O–H groups in total. The highest BCUT2D eigenvalue weighted by atomic mass is 16.4. The molecule has 0 bridgehead atoms. The number of hydrogen-bond acceptors (Lipinski definition) is 2. The first-order valence-corrected chi connectivity index (χ1v) is 6.80. The Morgan fingerprint density at radius 1 is 1.21 bits per heavy atom. The van der Waals surface area contributed by atoms with Crippen molar-refractivity contribution in [2.75, 3.05) is 5.32 Å². The van der Waals surface area contributed by atoms with Gasteiger partial charge in [-0.25, -0.2) is 4.79 Å². The summed E-state index contributed by atoms with van der Waals surface area (Å²) in [6.45, 7) is 10.5. The van der Waals surface area contributed by atoms with Crippen molar-refractivity contribution in [1.82, 2.24) is 0 Å². The quantitative estimate of drug-likeness (QED) is 0.847. The smallest absolute Gasteiger partial charge is 0.326 e. The molecule has 1 aromatic carbocycles. The minimum atomic E-state index is -0.798. The normalized spacial score (nSPS) is 13.4. The zero-order valence-electron chi connectivity index (χ0n) is 12.5. The number of hydrogen-bond donors (Lipinski definition) is 2. The average Bonchev–Trinajstić information content (AvgIpc) is 2.27. The van der Waals surface area contributed by atoms with Crippen molar-refractivity contribution in [1.29, 1.82) is 0 Å². The van der Waals surface area contributed by atoms with Gasteiger partial charge in [0.15, 0.2) is 0 Å². The third-order valence-electron chi connectivity index (χ3n) is 3.10. The Hall–Kier alpha value is -1.51. The number of rotatable bonds is 5. The summed E-state index contributed by atoms with van der Waals surface area (Å²) in [7, 11) is 0. The first-order valence-electron chi connectivity index (χ1n) is 6.80. The van der Waals surface area contributed by atoms with Gasteiger partial charge in [-0.1, -0.05) is 46.8 Å². The van der Waals surface area contributed by atoms with Crippen LogP contribution in [-0.2, 0) is 10.2 Å². The van der Waals surface area contributed by atoms with E-state index in [1.165, 1.54) is 5.56 Å². The molecule has 0 aromatic heterocycles. The number of carbonyl (C=O) groups is 1. The van der Waals surface area contributed by atoms with E-state index in [0.29, 0.717) is 12.3 Å². The molecule has 0 aliphatic heterocycles. The van der Waals surface area contributed by atoms with Gasteiger partial charge in [0.05, 0.1) is 0 Å².